The normalized spacial score (nSPS) is 22.3. The van der Waals surface area contributed by atoms with Crippen LogP contribution in [0.15, 0.2) is 30.3 Å². The molecular weight excluding hydrogens is 308 g/mol. The number of nitrogens with one attached hydrogen (secondary N) is 1. The van der Waals surface area contributed by atoms with E-state index >= 15 is 0 Å². The van der Waals surface area contributed by atoms with Crippen molar-refractivity contribution in [1.29, 1.82) is 0 Å². The number of benzene rings is 1. The van der Waals surface area contributed by atoms with Crippen LogP contribution in [-0.2, 0) is 0 Å². The maximum atomic E-state index is 12.6. The van der Waals surface area contributed by atoms with Crippen LogP contribution < -0.4 is 5.32 Å². The van der Waals surface area contributed by atoms with Crippen LogP contribution in [0.1, 0.15) is 11.2 Å². The van der Waals surface area contributed by atoms with Crippen LogP contribution in [0.25, 0.3) is 0 Å². The topological polar surface area (TPSA) is 32.3 Å². The quantitative estimate of drug-likeness (QED) is 0.839. The molecule has 1 unspecified atom stereocenters. The molecule has 3 nitrogen and oxygen atoms in total. The fourth-order valence-corrected chi connectivity index (χ4v) is 52.7. The van der Waals surface area contributed by atoms with Crippen LogP contribution >= 0.6 is 0 Å². The highest BCUT2D eigenvalue weighted by Gasteiger charge is 2.67. The SMILES string of the molecule is CN1C(=O)NC(c2ccccc2)[Si]1([Si](C)(C)C)[Si](C)(C)C. The van der Waals surface area contributed by atoms with E-state index in [1.807, 2.05) is 0 Å². The van der Waals surface area contributed by atoms with Gasteiger partial charge in [-0.1, -0.05) is 69.6 Å². The highest BCUT2D eigenvalue weighted by molar-refractivity contribution is 7.68. The average Bonchev–Trinajstić information content (AvgIpc) is 2.63. The molecule has 116 valence electrons. The number of carbonyl (C=O) groups excluding carboxylic acids is 1. The van der Waals surface area contributed by atoms with E-state index in [-0.39, 0.29) is 11.7 Å². The third-order valence-corrected chi connectivity index (χ3v) is 43.1. The Bertz CT molecular complexity index is 520. The van der Waals surface area contributed by atoms with Gasteiger partial charge in [-0.05, 0) is 5.56 Å². The third kappa shape index (κ3) is 2.33. The van der Waals surface area contributed by atoms with Gasteiger partial charge in [-0.3, -0.25) is 0 Å². The van der Waals surface area contributed by atoms with Crippen LogP contribution in [0.3, 0.4) is 0 Å². The second-order valence-corrected chi connectivity index (χ2v) is 35.0. The van der Waals surface area contributed by atoms with Gasteiger partial charge in [-0.15, -0.1) is 0 Å². The Morgan fingerprint density at radius 1 is 1.00 bits per heavy atom. The standard InChI is InChI=1S/C15H28N2OSi3/c1-17-15(18)16-14(13-11-9-8-10-12-13)21(17,19(2,3)4)20(5,6)7/h8-12,14H,1-7H3,(H,16,18). The number of nitrogens with zero attached hydrogens (tertiary/aromatic N) is 1. The molecule has 2 rings (SSSR count). The zero-order chi connectivity index (χ0) is 16.1. The summed E-state index contributed by atoms with van der Waals surface area (Å²) in [6.07, 6.45) is 0. The molecule has 1 heterocycles. The zero-order valence-electron chi connectivity index (χ0n) is 14.3. The fraction of sp³-hybridized carbons (Fsp3) is 0.533. The van der Waals surface area contributed by atoms with Gasteiger partial charge in [0.2, 0.25) is 0 Å². The molecule has 1 aliphatic rings. The van der Waals surface area contributed by atoms with E-state index in [9.17, 15) is 4.79 Å². The van der Waals surface area contributed by atoms with Gasteiger partial charge in [0.15, 0.2) is 7.27 Å². The first-order valence-corrected chi connectivity index (χ1v) is 18.6. The first-order valence-electron chi connectivity index (χ1n) is 7.63. The zero-order valence-corrected chi connectivity index (χ0v) is 17.3. The Morgan fingerprint density at radius 3 is 1.90 bits per heavy atom. The molecule has 1 aromatic carbocycles. The predicted molar refractivity (Wildman–Crippen MR) is 97.9 cm³/mol. The van der Waals surface area contributed by atoms with Crippen molar-refractivity contribution in [2.24, 2.45) is 0 Å². The summed E-state index contributed by atoms with van der Waals surface area (Å²) < 4.78 is 2.18. The van der Waals surface area contributed by atoms with Crippen LogP contribution in [-0.4, -0.2) is 40.1 Å². The van der Waals surface area contributed by atoms with Crippen LogP contribution in [0.2, 0.25) is 39.3 Å². The number of carbonyl (C=O) groups is 1. The van der Waals surface area contributed by atoms with Crippen molar-refractivity contribution in [3.63, 3.8) is 0 Å². The molecule has 0 radical (unpaired) electrons. The molecule has 1 saturated heterocycles. The van der Waals surface area contributed by atoms with Gasteiger partial charge in [-0.2, -0.15) is 0 Å². The average molecular weight is 337 g/mol. The van der Waals surface area contributed by atoms with E-state index < -0.39 is 22.5 Å². The Kier molecular flexibility index (Phi) is 4.01. The van der Waals surface area contributed by atoms with Gasteiger partial charge >= 0.3 is 6.03 Å². The van der Waals surface area contributed by atoms with E-state index in [1.165, 1.54) is 5.56 Å². The van der Waals surface area contributed by atoms with Crippen LogP contribution in [0, 0.1) is 0 Å². The molecule has 2 amide bonds. The van der Waals surface area contributed by atoms with Crippen molar-refractivity contribution in [2.45, 2.75) is 44.9 Å². The molecule has 0 bridgehead atoms. The van der Waals surface area contributed by atoms with Crippen LogP contribution in [0.4, 0.5) is 4.79 Å². The Morgan fingerprint density at radius 2 is 1.48 bits per heavy atom. The van der Waals surface area contributed by atoms with Crippen molar-refractivity contribution in [2.75, 3.05) is 7.05 Å². The van der Waals surface area contributed by atoms with E-state index in [1.54, 1.807) is 0 Å². The lowest BCUT2D eigenvalue weighted by Crippen LogP contribution is -2.80. The Labute approximate surface area is 131 Å². The molecule has 0 aliphatic carbocycles. The summed E-state index contributed by atoms with van der Waals surface area (Å²) in [7, 11) is -2.90. The molecule has 0 spiro atoms. The van der Waals surface area contributed by atoms with Crippen molar-refractivity contribution in [3.8, 4) is 0 Å². The lowest BCUT2D eigenvalue weighted by atomic mass is 10.2. The molecule has 0 saturated carbocycles. The fourth-order valence-electron chi connectivity index (χ4n) is 4.65. The highest BCUT2D eigenvalue weighted by atomic mass is 29.6. The van der Waals surface area contributed by atoms with Crippen molar-refractivity contribution in [1.82, 2.24) is 9.88 Å². The maximum absolute atomic E-state index is 12.6. The summed E-state index contributed by atoms with van der Waals surface area (Å²) in [5.74, 6) is 0. The van der Waals surface area contributed by atoms with E-state index in [2.05, 4.69) is 86.5 Å². The number of hydrogen-bond acceptors (Lipinski definition) is 1. The lowest BCUT2D eigenvalue weighted by Gasteiger charge is -2.53. The summed E-state index contributed by atoms with van der Waals surface area (Å²) in [5, 5.41) is 3.34. The molecule has 1 aliphatic heterocycles. The lowest BCUT2D eigenvalue weighted by molar-refractivity contribution is 0.233. The largest absolute Gasteiger partial charge is 0.357 e. The monoisotopic (exact) mass is 336 g/mol. The van der Waals surface area contributed by atoms with Gasteiger partial charge in [-0.25, -0.2) is 4.79 Å². The molecule has 0 aromatic heterocycles. The Hall–Kier alpha value is -0.859. The van der Waals surface area contributed by atoms with Gasteiger partial charge in [0.05, 0.1) is 20.8 Å². The minimum Gasteiger partial charge on any atom is -0.357 e. The number of hydrogen-bond donors (Lipinski definition) is 1. The van der Waals surface area contributed by atoms with Crippen molar-refractivity contribution < 1.29 is 4.79 Å². The molecule has 1 fully saturated rings. The molecular formula is C15H28N2OSi3. The first kappa shape index (κ1) is 16.5. The number of rotatable bonds is 3. The van der Waals surface area contributed by atoms with Gasteiger partial charge in [0.25, 0.3) is 0 Å². The van der Waals surface area contributed by atoms with E-state index in [0.29, 0.717) is 0 Å². The first-order chi connectivity index (χ1) is 9.53. The number of amides is 2. The van der Waals surface area contributed by atoms with Gasteiger partial charge in [0.1, 0.15) is 0 Å². The molecule has 21 heavy (non-hydrogen) atoms. The Balaban J connectivity index is 2.71. The molecule has 1 aromatic rings. The van der Waals surface area contributed by atoms with Gasteiger partial charge in [0, 0.05) is 7.05 Å². The molecule has 1 atom stereocenters. The predicted octanol–water partition coefficient (Wildman–Crippen LogP) is 3.70. The summed E-state index contributed by atoms with van der Waals surface area (Å²) >= 11 is 0. The summed E-state index contributed by atoms with van der Waals surface area (Å²) in [4.78, 5) is 12.6. The summed E-state index contributed by atoms with van der Waals surface area (Å²) in [6, 6.07) is 10.7. The second kappa shape index (κ2) is 5.10. The third-order valence-electron chi connectivity index (χ3n) is 4.94. The summed E-state index contributed by atoms with van der Waals surface area (Å²) in [6.45, 7) is 14.8. The van der Waals surface area contributed by atoms with Gasteiger partial charge < -0.3 is 9.88 Å². The summed E-state index contributed by atoms with van der Waals surface area (Å²) in [5.41, 5.74) is 1.54. The van der Waals surface area contributed by atoms with Crippen molar-refractivity contribution in [3.05, 3.63) is 35.9 Å². The van der Waals surface area contributed by atoms with Crippen molar-refractivity contribution >= 4 is 28.5 Å². The minimum absolute atomic E-state index is 0.139. The van der Waals surface area contributed by atoms with E-state index in [4.69, 9.17) is 0 Å². The maximum Gasteiger partial charge on any atom is 0.309 e. The molecule has 6 heteroatoms. The highest BCUT2D eigenvalue weighted by Crippen LogP contribution is 2.44. The molecule has 1 N–H and O–H groups in total. The van der Waals surface area contributed by atoms with E-state index in [0.717, 1.165) is 0 Å². The second-order valence-electron chi connectivity index (χ2n) is 8.12. The number of urea groups is 1. The smallest absolute Gasteiger partial charge is 0.309 e. The van der Waals surface area contributed by atoms with Crippen LogP contribution in [0.5, 0.6) is 0 Å². The minimum atomic E-state index is -1.92.